The van der Waals surface area contributed by atoms with E-state index in [4.69, 9.17) is 9.47 Å². The van der Waals surface area contributed by atoms with Gasteiger partial charge in [0.1, 0.15) is 0 Å². The van der Waals surface area contributed by atoms with Gasteiger partial charge in [-0.3, -0.25) is 0 Å². The summed E-state index contributed by atoms with van der Waals surface area (Å²) in [4.78, 5) is 5.38. The van der Waals surface area contributed by atoms with Crippen LogP contribution in [0.3, 0.4) is 0 Å². The van der Waals surface area contributed by atoms with Gasteiger partial charge in [-0.1, -0.05) is 6.07 Å². The van der Waals surface area contributed by atoms with Crippen LogP contribution in [0, 0.1) is 13.8 Å². The number of hydrogen-bond acceptors (Lipinski definition) is 4. The minimum Gasteiger partial charge on any atom is -0.493 e. The summed E-state index contributed by atoms with van der Waals surface area (Å²) in [6.07, 6.45) is 0. The normalized spacial score (nSPS) is 11.0. The van der Waals surface area contributed by atoms with Gasteiger partial charge in [-0.05, 0) is 55.8 Å². The summed E-state index contributed by atoms with van der Waals surface area (Å²) in [5, 5.41) is 0. The van der Waals surface area contributed by atoms with Crippen molar-refractivity contribution >= 4 is 22.7 Å². The van der Waals surface area contributed by atoms with Gasteiger partial charge in [0.15, 0.2) is 11.5 Å². The fraction of sp³-hybridized carbons (Fsp3) is 0.263. The molecule has 0 amide bonds. The van der Waals surface area contributed by atoms with Gasteiger partial charge < -0.3 is 9.47 Å². The third-order valence-corrected chi connectivity index (χ3v) is 5.96. The molecular formula is C19H20O2S2. The summed E-state index contributed by atoms with van der Waals surface area (Å²) >= 11 is 3.71. The maximum absolute atomic E-state index is 5.49. The van der Waals surface area contributed by atoms with E-state index in [9.17, 15) is 0 Å². The summed E-state index contributed by atoms with van der Waals surface area (Å²) < 4.78 is 10.9. The predicted octanol–water partition coefficient (Wildman–Crippen LogP) is 5.62. The topological polar surface area (TPSA) is 18.5 Å². The first-order valence-corrected chi connectivity index (χ1v) is 9.10. The van der Waals surface area contributed by atoms with E-state index >= 15 is 0 Å². The molecule has 0 unspecified atom stereocenters. The van der Waals surface area contributed by atoms with Crippen LogP contribution in [0.1, 0.15) is 31.0 Å². The van der Waals surface area contributed by atoms with Crippen LogP contribution in [-0.2, 0) is 0 Å². The molecule has 0 aliphatic heterocycles. The molecule has 0 saturated heterocycles. The Morgan fingerprint density at radius 3 is 1.74 bits per heavy atom. The molecule has 4 heteroatoms. The van der Waals surface area contributed by atoms with E-state index in [1.165, 1.54) is 25.1 Å². The molecule has 0 saturated carbocycles. The summed E-state index contributed by atoms with van der Waals surface area (Å²) in [6, 6.07) is 15.1. The molecule has 0 spiro atoms. The van der Waals surface area contributed by atoms with Crippen molar-refractivity contribution in [2.24, 2.45) is 0 Å². The van der Waals surface area contributed by atoms with Crippen molar-refractivity contribution in [3.8, 4) is 11.5 Å². The molecule has 3 rings (SSSR count). The molecule has 3 aromatic rings. The van der Waals surface area contributed by atoms with Crippen LogP contribution in [0.25, 0.3) is 0 Å². The number of ether oxygens (including phenoxy) is 2. The lowest BCUT2D eigenvalue weighted by Gasteiger charge is -2.17. The lowest BCUT2D eigenvalue weighted by Crippen LogP contribution is -2.00. The Kier molecular flexibility index (Phi) is 4.74. The molecule has 0 atom stereocenters. The first-order valence-electron chi connectivity index (χ1n) is 7.47. The molecule has 2 heterocycles. The third kappa shape index (κ3) is 3.28. The monoisotopic (exact) mass is 344 g/mol. The van der Waals surface area contributed by atoms with Gasteiger partial charge in [-0.25, -0.2) is 0 Å². The van der Waals surface area contributed by atoms with Gasteiger partial charge in [0.25, 0.3) is 0 Å². The van der Waals surface area contributed by atoms with E-state index in [-0.39, 0.29) is 5.92 Å². The van der Waals surface area contributed by atoms with Crippen LogP contribution in [0.5, 0.6) is 11.5 Å². The number of thiophene rings is 2. The van der Waals surface area contributed by atoms with Crippen LogP contribution in [0.4, 0.5) is 0 Å². The average molecular weight is 345 g/mol. The van der Waals surface area contributed by atoms with Crippen molar-refractivity contribution in [2.45, 2.75) is 19.8 Å². The molecule has 2 nitrogen and oxygen atoms in total. The van der Waals surface area contributed by atoms with Crippen LogP contribution in [0.15, 0.2) is 42.5 Å². The van der Waals surface area contributed by atoms with Crippen molar-refractivity contribution in [1.29, 1.82) is 0 Å². The molecule has 0 aliphatic carbocycles. The quantitative estimate of drug-likeness (QED) is 0.598. The van der Waals surface area contributed by atoms with Gasteiger partial charge in [0.05, 0.1) is 20.1 Å². The molecule has 0 radical (unpaired) electrons. The highest BCUT2D eigenvalue weighted by atomic mass is 32.1. The Morgan fingerprint density at radius 2 is 1.30 bits per heavy atom. The van der Waals surface area contributed by atoms with Crippen LogP contribution < -0.4 is 9.47 Å². The smallest absolute Gasteiger partial charge is 0.161 e. The molecule has 0 aliphatic rings. The van der Waals surface area contributed by atoms with Crippen LogP contribution in [-0.4, -0.2) is 14.2 Å². The number of rotatable bonds is 5. The second kappa shape index (κ2) is 6.77. The number of hydrogen-bond donors (Lipinski definition) is 0. The van der Waals surface area contributed by atoms with Crippen LogP contribution >= 0.6 is 22.7 Å². The lowest BCUT2D eigenvalue weighted by atomic mass is 9.95. The molecular weight excluding hydrogens is 324 g/mol. The van der Waals surface area contributed by atoms with Crippen molar-refractivity contribution in [3.63, 3.8) is 0 Å². The minimum atomic E-state index is 0.243. The summed E-state index contributed by atoms with van der Waals surface area (Å²) in [5.74, 6) is 1.78. The maximum Gasteiger partial charge on any atom is 0.161 e. The fourth-order valence-electron chi connectivity index (χ4n) is 2.72. The molecule has 120 valence electrons. The molecule has 0 N–H and O–H groups in total. The third-order valence-electron chi connectivity index (χ3n) is 3.83. The van der Waals surface area contributed by atoms with Gasteiger partial charge in [0.2, 0.25) is 0 Å². The summed E-state index contributed by atoms with van der Waals surface area (Å²) in [5.41, 5.74) is 1.23. The van der Waals surface area contributed by atoms with E-state index in [2.05, 4.69) is 50.2 Å². The minimum absolute atomic E-state index is 0.243. The molecule has 2 aromatic heterocycles. The largest absolute Gasteiger partial charge is 0.493 e. The number of methoxy groups -OCH3 is 2. The molecule has 0 bridgehead atoms. The molecule has 23 heavy (non-hydrogen) atoms. The maximum atomic E-state index is 5.49. The highest BCUT2D eigenvalue weighted by Gasteiger charge is 2.21. The first-order chi connectivity index (χ1) is 11.1. The Labute approximate surface area is 145 Å². The van der Waals surface area contributed by atoms with Crippen LogP contribution in [0.2, 0.25) is 0 Å². The second-order valence-electron chi connectivity index (χ2n) is 5.44. The zero-order valence-electron chi connectivity index (χ0n) is 13.8. The summed E-state index contributed by atoms with van der Waals surface area (Å²) in [6.45, 7) is 4.30. The molecule has 0 fully saturated rings. The zero-order valence-corrected chi connectivity index (χ0v) is 15.4. The second-order valence-corrected chi connectivity index (χ2v) is 8.08. The SMILES string of the molecule is COc1ccc(C(c2ccc(C)s2)c2ccc(C)s2)cc1OC. The molecule has 1 aromatic carbocycles. The Morgan fingerprint density at radius 1 is 0.739 bits per heavy atom. The predicted molar refractivity (Wildman–Crippen MR) is 98.6 cm³/mol. The van der Waals surface area contributed by atoms with Crippen molar-refractivity contribution in [3.05, 3.63) is 67.5 Å². The zero-order chi connectivity index (χ0) is 16.4. The van der Waals surface area contributed by atoms with Gasteiger partial charge in [-0.15, -0.1) is 22.7 Å². The van der Waals surface area contributed by atoms with E-state index in [1.807, 2.05) is 28.7 Å². The Balaban J connectivity index is 2.12. The summed E-state index contributed by atoms with van der Waals surface area (Å²) in [7, 11) is 3.35. The Hall–Kier alpha value is -1.78. The van der Waals surface area contributed by atoms with Crippen molar-refractivity contribution in [2.75, 3.05) is 14.2 Å². The van der Waals surface area contributed by atoms with Crippen molar-refractivity contribution < 1.29 is 9.47 Å². The number of benzene rings is 1. The van der Waals surface area contributed by atoms with Gasteiger partial charge >= 0.3 is 0 Å². The standard InChI is InChI=1S/C19H20O2S2/c1-12-5-9-17(22-12)19(18-10-6-13(2)23-18)14-7-8-15(20-3)16(11-14)21-4/h5-11,19H,1-4H3. The van der Waals surface area contributed by atoms with E-state index in [1.54, 1.807) is 14.2 Å². The average Bonchev–Trinajstić information content (AvgIpc) is 3.16. The van der Waals surface area contributed by atoms with Gasteiger partial charge in [-0.2, -0.15) is 0 Å². The highest BCUT2D eigenvalue weighted by molar-refractivity contribution is 7.13. The van der Waals surface area contributed by atoms with E-state index in [0.29, 0.717) is 0 Å². The van der Waals surface area contributed by atoms with Crippen molar-refractivity contribution in [1.82, 2.24) is 0 Å². The number of aryl methyl sites for hydroxylation is 2. The van der Waals surface area contributed by atoms with E-state index in [0.717, 1.165) is 11.5 Å². The van der Waals surface area contributed by atoms with Gasteiger partial charge in [0, 0.05) is 19.5 Å². The highest BCUT2D eigenvalue weighted by Crippen LogP contribution is 2.41. The Bertz CT molecular complexity index is 761. The fourth-order valence-corrected chi connectivity index (χ4v) is 4.84. The lowest BCUT2D eigenvalue weighted by molar-refractivity contribution is 0.354. The van der Waals surface area contributed by atoms with E-state index < -0.39 is 0 Å². The first kappa shape index (κ1) is 16.1.